The SMILES string of the molecule is CN(C)C(C)(OC(=O)c1ccccc1)OS(=O)(=O)C(F)(F)F. The van der Waals surface area contributed by atoms with Gasteiger partial charge in [0, 0.05) is 6.92 Å². The molecule has 1 unspecified atom stereocenters. The van der Waals surface area contributed by atoms with Gasteiger partial charge in [-0.05, 0) is 26.2 Å². The summed E-state index contributed by atoms with van der Waals surface area (Å²) in [5.41, 5.74) is -5.60. The lowest BCUT2D eigenvalue weighted by Crippen LogP contribution is -2.50. The molecule has 0 fully saturated rings. The first-order chi connectivity index (χ1) is 9.89. The summed E-state index contributed by atoms with van der Waals surface area (Å²) in [5, 5.41) is 0. The third-order valence-electron chi connectivity index (χ3n) is 2.65. The lowest BCUT2D eigenvalue weighted by atomic mass is 10.2. The molecular weight excluding hydrogens is 327 g/mol. The predicted molar refractivity (Wildman–Crippen MR) is 70.0 cm³/mol. The van der Waals surface area contributed by atoms with Crippen LogP contribution in [0.4, 0.5) is 13.2 Å². The zero-order valence-corrected chi connectivity index (χ0v) is 12.7. The molecule has 0 N–H and O–H groups in total. The first-order valence-corrected chi connectivity index (χ1v) is 7.27. The van der Waals surface area contributed by atoms with E-state index >= 15 is 0 Å². The Morgan fingerprint density at radius 2 is 1.64 bits per heavy atom. The van der Waals surface area contributed by atoms with Gasteiger partial charge in [0.1, 0.15) is 0 Å². The minimum atomic E-state index is -5.95. The van der Waals surface area contributed by atoms with Gasteiger partial charge in [0.05, 0.1) is 5.56 Å². The largest absolute Gasteiger partial charge is 0.523 e. The maximum absolute atomic E-state index is 12.4. The lowest BCUT2D eigenvalue weighted by molar-refractivity contribution is -0.218. The molecule has 0 saturated heterocycles. The average molecular weight is 341 g/mol. The van der Waals surface area contributed by atoms with E-state index in [0.717, 1.165) is 11.8 Å². The van der Waals surface area contributed by atoms with Crippen LogP contribution in [0, 0.1) is 0 Å². The third kappa shape index (κ3) is 4.18. The Bertz CT molecular complexity index is 630. The fourth-order valence-corrected chi connectivity index (χ4v) is 1.92. The number of halogens is 3. The summed E-state index contributed by atoms with van der Waals surface area (Å²) in [6.45, 7) is 0.886. The molecule has 10 heteroatoms. The molecule has 0 amide bonds. The van der Waals surface area contributed by atoms with Gasteiger partial charge in [-0.3, -0.25) is 0 Å². The molecule has 1 rings (SSSR count). The highest BCUT2D eigenvalue weighted by molar-refractivity contribution is 7.87. The maximum Gasteiger partial charge on any atom is 0.523 e. The molecule has 124 valence electrons. The second-order valence-electron chi connectivity index (χ2n) is 4.53. The van der Waals surface area contributed by atoms with E-state index in [2.05, 4.69) is 4.18 Å². The van der Waals surface area contributed by atoms with Gasteiger partial charge in [-0.2, -0.15) is 21.6 Å². The Hall–Kier alpha value is -1.65. The van der Waals surface area contributed by atoms with E-state index in [0.29, 0.717) is 0 Å². The van der Waals surface area contributed by atoms with Crippen molar-refractivity contribution in [1.82, 2.24) is 4.90 Å². The van der Waals surface area contributed by atoms with Crippen molar-refractivity contribution in [2.75, 3.05) is 14.1 Å². The van der Waals surface area contributed by atoms with Crippen molar-refractivity contribution in [3.63, 3.8) is 0 Å². The number of hydrogen-bond acceptors (Lipinski definition) is 6. The molecule has 0 aliphatic carbocycles. The molecule has 0 aromatic heterocycles. The van der Waals surface area contributed by atoms with Gasteiger partial charge in [-0.25, -0.2) is 13.9 Å². The molecule has 0 saturated carbocycles. The van der Waals surface area contributed by atoms with Crippen LogP contribution in [-0.4, -0.2) is 44.8 Å². The van der Waals surface area contributed by atoms with Gasteiger partial charge < -0.3 is 4.74 Å². The summed E-state index contributed by atoms with van der Waals surface area (Å²) in [6.07, 6.45) is 0. The fourth-order valence-electron chi connectivity index (χ4n) is 1.24. The Morgan fingerprint density at radius 3 is 2.05 bits per heavy atom. The van der Waals surface area contributed by atoms with E-state index < -0.39 is 27.5 Å². The molecule has 0 aliphatic rings. The van der Waals surface area contributed by atoms with Gasteiger partial charge in [0.25, 0.3) is 5.91 Å². The molecule has 0 spiro atoms. The van der Waals surface area contributed by atoms with Crippen molar-refractivity contribution in [2.24, 2.45) is 0 Å². The Kier molecular flexibility index (Phi) is 5.21. The molecule has 0 aliphatic heterocycles. The van der Waals surface area contributed by atoms with E-state index in [1.807, 2.05) is 0 Å². The summed E-state index contributed by atoms with van der Waals surface area (Å²) in [4.78, 5) is 12.8. The minimum absolute atomic E-state index is 0.0311. The van der Waals surface area contributed by atoms with Crippen LogP contribution in [0.25, 0.3) is 0 Å². The van der Waals surface area contributed by atoms with Crippen molar-refractivity contribution < 1.29 is 35.3 Å². The normalized spacial score (nSPS) is 15.4. The summed E-state index contributed by atoms with van der Waals surface area (Å²) >= 11 is 0. The predicted octanol–water partition coefficient (Wildman–Crippen LogP) is 1.94. The Labute approximate surface area is 125 Å². The van der Waals surface area contributed by atoms with Crippen LogP contribution < -0.4 is 0 Å². The van der Waals surface area contributed by atoms with Crippen LogP contribution in [0.3, 0.4) is 0 Å². The molecule has 0 radical (unpaired) electrons. The van der Waals surface area contributed by atoms with Crippen LogP contribution in [0.15, 0.2) is 30.3 Å². The molecular formula is C12H14F3NO5S. The first kappa shape index (κ1) is 18.4. The number of esters is 1. The molecule has 1 atom stereocenters. The second-order valence-corrected chi connectivity index (χ2v) is 6.07. The van der Waals surface area contributed by atoms with Crippen molar-refractivity contribution in [1.29, 1.82) is 0 Å². The van der Waals surface area contributed by atoms with Gasteiger partial charge in [-0.1, -0.05) is 18.2 Å². The number of carbonyl (C=O) groups excluding carboxylic acids is 1. The highest BCUT2D eigenvalue weighted by Crippen LogP contribution is 2.30. The Balaban J connectivity index is 3.05. The van der Waals surface area contributed by atoms with Gasteiger partial charge in [0.15, 0.2) is 0 Å². The quantitative estimate of drug-likeness (QED) is 0.353. The van der Waals surface area contributed by atoms with Crippen LogP contribution in [-0.2, 0) is 19.0 Å². The van der Waals surface area contributed by atoms with E-state index in [9.17, 15) is 26.4 Å². The van der Waals surface area contributed by atoms with Crippen LogP contribution in [0.2, 0.25) is 0 Å². The van der Waals surface area contributed by atoms with Gasteiger partial charge >= 0.3 is 21.6 Å². The Morgan fingerprint density at radius 1 is 1.14 bits per heavy atom. The standard InChI is InChI=1S/C12H14F3NO5S/c1-11(16(2)3,21-22(18,19)12(13,14)15)20-10(17)9-7-5-4-6-8-9/h4-8H,1-3H3. The van der Waals surface area contributed by atoms with Crippen molar-refractivity contribution in [3.05, 3.63) is 35.9 Å². The lowest BCUT2D eigenvalue weighted by Gasteiger charge is -2.34. The number of benzene rings is 1. The van der Waals surface area contributed by atoms with Crippen molar-refractivity contribution in [3.8, 4) is 0 Å². The summed E-state index contributed by atoms with van der Waals surface area (Å²) in [5.74, 6) is -3.49. The number of alkyl halides is 3. The van der Waals surface area contributed by atoms with E-state index in [1.54, 1.807) is 6.07 Å². The average Bonchev–Trinajstić information content (AvgIpc) is 2.37. The highest BCUT2D eigenvalue weighted by atomic mass is 32.2. The van der Waals surface area contributed by atoms with Gasteiger partial charge in [0.2, 0.25) is 0 Å². The van der Waals surface area contributed by atoms with Crippen molar-refractivity contribution in [2.45, 2.75) is 18.3 Å². The van der Waals surface area contributed by atoms with Crippen LogP contribution in [0.1, 0.15) is 17.3 Å². The van der Waals surface area contributed by atoms with E-state index in [4.69, 9.17) is 4.74 Å². The zero-order valence-electron chi connectivity index (χ0n) is 11.9. The second kappa shape index (κ2) is 6.23. The van der Waals surface area contributed by atoms with Crippen LogP contribution >= 0.6 is 0 Å². The highest BCUT2D eigenvalue weighted by Gasteiger charge is 2.53. The zero-order chi connectivity index (χ0) is 17.2. The topological polar surface area (TPSA) is 72.9 Å². The number of hydrogen-bond donors (Lipinski definition) is 0. The summed E-state index contributed by atoms with van der Waals surface area (Å²) in [6, 6.07) is 7.35. The molecule has 0 heterocycles. The fraction of sp³-hybridized carbons (Fsp3) is 0.417. The number of ether oxygens (including phenoxy) is 1. The molecule has 6 nitrogen and oxygen atoms in total. The molecule has 1 aromatic rings. The van der Waals surface area contributed by atoms with E-state index in [-0.39, 0.29) is 5.56 Å². The molecule has 1 aromatic carbocycles. The minimum Gasteiger partial charge on any atom is -0.414 e. The molecule has 22 heavy (non-hydrogen) atoms. The van der Waals surface area contributed by atoms with Crippen molar-refractivity contribution >= 4 is 16.1 Å². The number of rotatable bonds is 5. The smallest absolute Gasteiger partial charge is 0.414 e. The third-order valence-corrected chi connectivity index (χ3v) is 3.75. The van der Waals surface area contributed by atoms with E-state index in [1.165, 1.54) is 38.4 Å². The maximum atomic E-state index is 12.4. The van der Waals surface area contributed by atoms with Gasteiger partial charge in [-0.15, -0.1) is 0 Å². The van der Waals surface area contributed by atoms with Crippen LogP contribution in [0.5, 0.6) is 0 Å². The first-order valence-electron chi connectivity index (χ1n) is 5.87. The summed E-state index contributed by atoms with van der Waals surface area (Å²) in [7, 11) is -3.55. The number of nitrogens with zero attached hydrogens (tertiary/aromatic N) is 1. The molecule has 0 bridgehead atoms. The number of carbonyl (C=O) groups is 1. The monoisotopic (exact) mass is 341 g/mol. The summed E-state index contributed by atoms with van der Waals surface area (Å²) < 4.78 is 68.4.